The lowest BCUT2D eigenvalue weighted by Gasteiger charge is -2.14. The van der Waals surface area contributed by atoms with Crippen molar-refractivity contribution < 1.29 is 43.7 Å². The summed E-state index contributed by atoms with van der Waals surface area (Å²) in [5.74, 6) is -0.819. The second-order valence-electron chi connectivity index (χ2n) is 6.13. The Kier molecular flexibility index (Phi) is 5.82. The van der Waals surface area contributed by atoms with Crippen molar-refractivity contribution >= 4 is 33.0 Å². The molecule has 0 amide bonds. The maximum absolute atomic E-state index is 13.1. The lowest BCUT2D eigenvalue weighted by Crippen LogP contribution is -2.29. The van der Waals surface area contributed by atoms with E-state index in [1.807, 2.05) is 0 Å². The fourth-order valence-electron chi connectivity index (χ4n) is 2.78. The van der Waals surface area contributed by atoms with E-state index in [0.717, 1.165) is 12.1 Å². The number of methoxy groups -OCH3 is 1. The highest BCUT2D eigenvalue weighted by atomic mass is 32.2. The molecule has 0 spiro atoms. The number of halogens is 6. The number of alkyl halides is 6. The number of nitrogens with zero attached hydrogens (tertiary/aromatic N) is 2. The summed E-state index contributed by atoms with van der Waals surface area (Å²) in [4.78, 5) is 4.04. The van der Waals surface area contributed by atoms with Gasteiger partial charge in [0, 0.05) is 29.3 Å². The Morgan fingerprint density at radius 2 is 1.74 bits per heavy atom. The van der Waals surface area contributed by atoms with Crippen LogP contribution in [-0.2, 0) is 10.0 Å². The van der Waals surface area contributed by atoms with Gasteiger partial charge in [-0.05, 0) is 30.2 Å². The SMILES string of the molecule is COc1cc(C)c(-c2ccc3c(c2)cc(OSC(F)(F)F)n3S(=O)(=O)C(F)(F)F)cn1. The first-order chi connectivity index (χ1) is 14.2. The highest BCUT2D eigenvalue weighted by Gasteiger charge is 2.49. The van der Waals surface area contributed by atoms with Crippen molar-refractivity contribution in [1.82, 2.24) is 8.96 Å². The molecule has 14 heteroatoms. The number of hydrogen-bond acceptors (Lipinski definition) is 6. The number of aromatic nitrogens is 2. The number of rotatable bonds is 5. The largest absolute Gasteiger partial charge is 0.517 e. The summed E-state index contributed by atoms with van der Waals surface area (Å²) in [6.07, 6.45) is 1.44. The molecule has 0 radical (unpaired) electrons. The van der Waals surface area contributed by atoms with Crippen LogP contribution < -0.4 is 8.92 Å². The van der Waals surface area contributed by atoms with E-state index in [2.05, 4.69) is 9.17 Å². The van der Waals surface area contributed by atoms with Gasteiger partial charge in [0.2, 0.25) is 11.8 Å². The predicted octanol–water partition coefficient (Wildman–Crippen LogP) is 5.26. The van der Waals surface area contributed by atoms with Crippen molar-refractivity contribution in [2.75, 3.05) is 7.11 Å². The van der Waals surface area contributed by atoms with Gasteiger partial charge >= 0.3 is 21.0 Å². The van der Waals surface area contributed by atoms with E-state index in [-0.39, 0.29) is 9.36 Å². The lowest BCUT2D eigenvalue weighted by atomic mass is 10.0. The zero-order chi connectivity index (χ0) is 23.2. The van der Waals surface area contributed by atoms with Crippen LogP contribution in [0.25, 0.3) is 22.0 Å². The minimum atomic E-state index is -6.07. The van der Waals surface area contributed by atoms with E-state index in [0.29, 0.717) is 22.6 Å². The molecule has 3 aromatic rings. The van der Waals surface area contributed by atoms with Crippen LogP contribution in [0.3, 0.4) is 0 Å². The first kappa shape index (κ1) is 23.1. The molecule has 0 bridgehead atoms. The van der Waals surface area contributed by atoms with Gasteiger partial charge in [0.05, 0.1) is 12.6 Å². The van der Waals surface area contributed by atoms with Crippen LogP contribution in [0.4, 0.5) is 26.3 Å². The standard InChI is InChI=1S/C17H12F6N2O4S2/c1-9-5-14(28-2)24-8-12(9)10-3-4-13-11(6-10)7-15(29-30-16(18,19)20)25(13)31(26,27)17(21,22)23/h3-8H,1-2H3. The van der Waals surface area contributed by atoms with Crippen LogP contribution in [0, 0.1) is 6.92 Å². The molecule has 1 aromatic carbocycles. The Balaban J connectivity index is 2.20. The van der Waals surface area contributed by atoms with Crippen LogP contribution in [0.15, 0.2) is 36.5 Å². The minimum absolute atomic E-state index is 0.0849. The average Bonchev–Trinajstić information content (AvgIpc) is 3.03. The third-order valence-electron chi connectivity index (χ3n) is 4.09. The number of pyridine rings is 1. The van der Waals surface area contributed by atoms with Crippen molar-refractivity contribution in [3.05, 3.63) is 42.1 Å². The number of aryl methyl sites for hydroxylation is 1. The second kappa shape index (κ2) is 7.82. The van der Waals surface area contributed by atoms with Crippen molar-refractivity contribution in [2.45, 2.75) is 17.9 Å². The van der Waals surface area contributed by atoms with E-state index < -0.39 is 44.5 Å². The minimum Gasteiger partial charge on any atom is -0.481 e. The van der Waals surface area contributed by atoms with Crippen molar-refractivity contribution in [3.63, 3.8) is 0 Å². The summed E-state index contributed by atoms with van der Waals surface area (Å²) >= 11 is -1.13. The molecule has 6 nitrogen and oxygen atoms in total. The molecule has 0 unspecified atom stereocenters. The van der Waals surface area contributed by atoms with E-state index >= 15 is 0 Å². The molecule has 0 aliphatic carbocycles. The molecule has 3 rings (SSSR count). The molecular formula is C17H12F6N2O4S2. The molecule has 0 atom stereocenters. The third-order valence-corrected chi connectivity index (χ3v) is 5.97. The molecule has 0 fully saturated rings. The quantitative estimate of drug-likeness (QED) is 0.362. The first-order valence-corrected chi connectivity index (χ1v) is 10.3. The van der Waals surface area contributed by atoms with E-state index in [1.54, 1.807) is 13.0 Å². The smallest absolute Gasteiger partial charge is 0.481 e. The van der Waals surface area contributed by atoms with Gasteiger partial charge in [-0.25, -0.2) is 4.98 Å². The van der Waals surface area contributed by atoms with E-state index in [9.17, 15) is 34.8 Å². The maximum Gasteiger partial charge on any atom is 0.517 e. The van der Waals surface area contributed by atoms with Crippen LogP contribution in [0.2, 0.25) is 0 Å². The average molecular weight is 486 g/mol. The van der Waals surface area contributed by atoms with Crippen LogP contribution in [0.5, 0.6) is 11.8 Å². The molecule has 31 heavy (non-hydrogen) atoms. The fourth-order valence-corrected chi connectivity index (χ4v) is 4.09. The van der Waals surface area contributed by atoms with Gasteiger partial charge in [-0.1, -0.05) is 6.07 Å². The highest BCUT2D eigenvalue weighted by molar-refractivity contribution is 7.96. The van der Waals surface area contributed by atoms with E-state index in [1.165, 1.54) is 25.4 Å². The lowest BCUT2D eigenvalue weighted by molar-refractivity contribution is -0.0446. The summed E-state index contributed by atoms with van der Waals surface area (Å²) in [5, 5.41) is -0.0849. The first-order valence-electron chi connectivity index (χ1n) is 8.15. The summed E-state index contributed by atoms with van der Waals surface area (Å²) in [5.41, 5.74) is -9.55. The van der Waals surface area contributed by atoms with Crippen LogP contribution in [0.1, 0.15) is 5.56 Å². The molecule has 0 saturated heterocycles. The Bertz CT molecular complexity index is 1240. The monoisotopic (exact) mass is 486 g/mol. The van der Waals surface area contributed by atoms with Crippen molar-refractivity contribution in [3.8, 4) is 22.9 Å². The molecule has 168 valence electrons. The van der Waals surface area contributed by atoms with Gasteiger partial charge in [0.15, 0.2) is 12.0 Å². The number of ether oxygens (including phenoxy) is 1. The summed E-state index contributed by atoms with van der Waals surface area (Å²) in [7, 11) is -4.66. The second-order valence-corrected chi connectivity index (χ2v) is 8.70. The molecule has 0 aliphatic heterocycles. The molecule has 0 N–H and O–H groups in total. The van der Waals surface area contributed by atoms with Gasteiger partial charge in [-0.15, -0.1) is 0 Å². The van der Waals surface area contributed by atoms with Gasteiger partial charge in [0.25, 0.3) is 0 Å². The Morgan fingerprint density at radius 3 is 2.29 bits per heavy atom. The molecule has 2 aromatic heterocycles. The number of fused-ring (bicyclic) bond motifs is 1. The molecule has 0 aliphatic rings. The molecule has 0 saturated carbocycles. The number of hydrogen-bond donors (Lipinski definition) is 0. The van der Waals surface area contributed by atoms with Crippen molar-refractivity contribution in [1.29, 1.82) is 0 Å². The van der Waals surface area contributed by atoms with Crippen LogP contribution in [-0.4, -0.2) is 35.5 Å². The fraction of sp³-hybridized carbons (Fsp3) is 0.235. The van der Waals surface area contributed by atoms with Gasteiger partial charge in [-0.2, -0.15) is 38.7 Å². The summed E-state index contributed by atoms with van der Waals surface area (Å²) < 4.78 is 110. The maximum atomic E-state index is 13.1. The topological polar surface area (TPSA) is 70.4 Å². The number of benzene rings is 1. The van der Waals surface area contributed by atoms with E-state index in [4.69, 9.17) is 4.74 Å². The Hall–Kier alpha value is -2.61. The van der Waals surface area contributed by atoms with Crippen LogP contribution >= 0.6 is 12.0 Å². The van der Waals surface area contributed by atoms with Gasteiger partial charge in [-0.3, -0.25) is 0 Å². The van der Waals surface area contributed by atoms with Crippen molar-refractivity contribution in [2.24, 2.45) is 0 Å². The third kappa shape index (κ3) is 4.54. The Labute approximate surface area is 176 Å². The highest BCUT2D eigenvalue weighted by Crippen LogP contribution is 2.40. The Morgan fingerprint density at radius 1 is 1.06 bits per heavy atom. The zero-order valence-electron chi connectivity index (χ0n) is 15.6. The zero-order valence-corrected chi connectivity index (χ0v) is 17.2. The molecule has 2 heterocycles. The van der Waals surface area contributed by atoms with Gasteiger partial charge < -0.3 is 8.92 Å². The summed E-state index contributed by atoms with van der Waals surface area (Å²) in [6, 6.07) is 6.07. The van der Waals surface area contributed by atoms with Gasteiger partial charge in [0.1, 0.15) is 0 Å². The predicted molar refractivity (Wildman–Crippen MR) is 101 cm³/mol. The normalized spacial score (nSPS) is 12.9. The molecular weight excluding hydrogens is 474 g/mol. The summed E-state index contributed by atoms with van der Waals surface area (Å²) in [6.45, 7) is 1.72.